The van der Waals surface area contributed by atoms with Crippen LogP contribution in [0.5, 0.6) is 0 Å². The van der Waals surface area contributed by atoms with Gasteiger partial charge in [0, 0.05) is 24.0 Å². The molecule has 17 heavy (non-hydrogen) atoms. The quantitative estimate of drug-likeness (QED) is 0.872. The molecular formula is C13H15ClN2S. The molecule has 1 heterocycles. The molecule has 0 aliphatic heterocycles. The van der Waals surface area contributed by atoms with E-state index >= 15 is 0 Å². The monoisotopic (exact) mass is 266 g/mol. The van der Waals surface area contributed by atoms with Gasteiger partial charge in [0.15, 0.2) is 0 Å². The zero-order valence-electron chi connectivity index (χ0n) is 9.40. The zero-order valence-corrected chi connectivity index (χ0v) is 11.0. The van der Waals surface area contributed by atoms with E-state index in [0.29, 0.717) is 0 Å². The molecule has 1 aromatic heterocycles. The van der Waals surface area contributed by atoms with Gasteiger partial charge in [-0.25, -0.2) is 0 Å². The fraction of sp³-hybridized carbons (Fsp3) is 0.231. The number of nitrogens with one attached hydrogen (secondary N) is 1. The molecule has 0 aliphatic carbocycles. The van der Waals surface area contributed by atoms with Crippen LogP contribution in [0.1, 0.15) is 16.5 Å². The van der Waals surface area contributed by atoms with Gasteiger partial charge in [-0.05, 0) is 17.7 Å². The smallest absolute Gasteiger partial charge is 0.0931 e. The van der Waals surface area contributed by atoms with Crippen molar-refractivity contribution in [2.24, 2.45) is 5.73 Å². The van der Waals surface area contributed by atoms with E-state index in [0.717, 1.165) is 23.0 Å². The second-order valence-corrected chi connectivity index (χ2v) is 5.65. The summed E-state index contributed by atoms with van der Waals surface area (Å²) in [5.74, 6) is 0. The van der Waals surface area contributed by atoms with Crippen LogP contribution in [0.2, 0.25) is 4.34 Å². The second-order valence-electron chi connectivity index (χ2n) is 3.85. The van der Waals surface area contributed by atoms with E-state index in [4.69, 9.17) is 17.3 Å². The van der Waals surface area contributed by atoms with Gasteiger partial charge in [0.25, 0.3) is 0 Å². The van der Waals surface area contributed by atoms with Crippen LogP contribution in [0.3, 0.4) is 0 Å². The molecule has 0 saturated heterocycles. The number of halogens is 1. The lowest BCUT2D eigenvalue weighted by Gasteiger charge is -2.12. The first kappa shape index (κ1) is 12.6. The fourth-order valence-corrected chi connectivity index (χ4v) is 2.67. The zero-order chi connectivity index (χ0) is 12.1. The molecule has 2 aromatic rings. The van der Waals surface area contributed by atoms with E-state index in [2.05, 4.69) is 5.32 Å². The molecule has 0 radical (unpaired) electrons. The highest BCUT2D eigenvalue weighted by molar-refractivity contribution is 7.16. The topological polar surface area (TPSA) is 38.0 Å². The van der Waals surface area contributed by atoms with Gasteiger partial charge in [-0.1, -0.05) is 41.9 Å². The first-order valence-corrected chi connectivity index (χ1v) is 6.70. The highest BCUT2D eigenvalue weighted by atomic mass is 35.5. The summed E-state index contributed by atoms with van der Waals surface area (Å²) in [7, 11) is 0. The molecule has 0 bridgehead atoms. The van der Waals surface area contributed by atoms with E-state index in [9.17, 15) is 0 Å². The predicted molar refractivity (Wildman–Crippen MR) is 74.4 cm³/mol. The van der Waals surface area contributed by atoms with Crippen LogP contribution in [-0.4, -0.2) is 6.54 Å². The lowest BCUT2D eigenvalue weighted by Crippen LogP contribution is -2.26. The molecule has 90 valence electrons. The Bertz CT molecular complexity index is 455. The van der Waals surface area contributed by atoms with Gasteiger partial charge in [-0.15, -0.1) is 11.3 Å². The predicted octanol–water partition coefficient (Wildman–Crippen LogP) is 3.19. The summed E-state index contributed by atoms with van der Waals surface area (Å²) >= 11 is 7.46. The molecule has 1 aromatic carbocycles. The van der Waals surface area contributed by atoms with Crippen molar-refractivity contribution in [2.45, 2.75) is 12.6 Å². The number of benzene rings is 1. The Morgan fingerprint density at radius 3 is 2.59 bits per heavy atom. The summed E-state index contributed by atoms with van der Waals surface area (Å²) < 4.78 is 0.828. The third-order valence-corrected chi connectivity index (χ3v) is 3.75. The maximum atomic E-state index is 6.08. The van der Waals surface area contributed by atoms with Crippen molar-refractivity contribution in [1.29, 1.82) is 0 Å². The fourth-order valence-electron chi connectivity index (χ4n) is 1.62. The Labute approximate surface area is 110 Å². The summed E-state index contributed by atoms with van der Waals surface area (Å²) in [6.45, 7) is 1.58. The average molecular weight is 267 g/mol. The van der Waals surface area contributed by atoms with Crippen LogP contribution in [0.25, 0.3) is 0 Å². The maximum absolute atomic E-state index is 6.08. The minimum absolute atomic E-state index is 0.0339. The van der Waals surface area contributed by atoms with Crippen molar-refractivity contribution in [3.05, 3.63) is 57.2 Å². The van der Waals surface area contributed by atoms with Gasteiger partial charge in [0.1, 0.15) is 0 Å². The lowest BCUT2D eigenvalue weighted by molar-refractivity contribution is 0.601. The van der Waals surface area contributed by atoms with Crippen LogP contribution in [0, 0.1) is 0 Å². The highest BCUT2D eigenvalue weighted by Gasteiger charge is 2.04. The van der Waals surface area contributed by atoms with E-state index in [-0.39, 0.29) is 6.04 Å². The Balaban J connectivity index is 1.79. The minimum atomic E-state index is 0.0339. The van der Waals surface area contributed by atoms with Gasteiger partial charge < -0.3 is 11.1 Å². The van der Waals surface area contributed by atoms with Gasteiger partial charge in [-0.3, -0.25) is 0 Å². The Morgan fingerprint density at radius 1 is 1.18 bits per heavy atom. The van der Waals surface area contributed by atoms with Crippen LogP contribution in [0.15, 0.2) is 42.5 Å². The van der Waals surface area contributed by atoms with E-state index in [1.165, 1.54) is 4.88 Å². The van der Waals surface area contributed by atoms with Crippen LogP contribution in [-0.2, 0) is 6.54 Å². The average Bonchev–Trinajstić information content (AvgIpc) is 2.76. The summed E-state index contributed by atoms with van der Waals surface area (Å²) in [6, 6.07) is 14.1. The molecule has 0 spiro atoms. The van der Waals surface area contributed by atoms with Crippen molar-refractivity contribution in [3.8, 4) is 0 Å². The number of hydrogen-bond donors (Lipinski definition) is 2. The van der Waals surface area contributed by atoms with Crippen LogP contribution < -0.4 is 11.1 Å². The third-order valence-electron chi connectivity index (χ3n) is 2.52. The molecule has 0 saturated carbocycles. The van der Waals surface area contributed by atoms with E-state index < -0.39 is 0 Å². The molecular weight excluding hydrogens is 252 g/mol. The minimum Gasteiger partial charge on any atom is -0.323 e. The summed E-state index contributed by atoms with van der Waals surface area (Å²) in [4.78, 5) is 1.23. The van der Waals surface area contributed by atoms with Gasteiger partial charge in [0.05, 0.1) is 4.34 Å². The lowest BCUT2D eigenvalue weighted by atomic mass is 10.1. The highest BCUT2D eigenvalue weighted by Crippen LogP contribution is 2.21. The molecule has 3 N–H and O–H groups in total. The SMILES string of the molecule is NC(CNCc1ccc(Cl)s1)c1ccccc1. The second kappa shape index (κ2) is 6.17. The van der Waals surface area contributed by atoms with Crippen molar-refractivity contribution >= 4 is 22.9 Å². The third kappa shape index (κ3) is 3.82. The van der Waals surface area contributed by atoms with Gasteiger partial charge >= 0.3 is 0 Å². The summed E-state index contributed by atoms with van der Waals surface area (Å²) in [6.07, 6.45) is 0. The number of rotatable bonds is 5. The van der Waals surface area contributed by atoms with E-state index in [1.54, 1.807) is 11.3 Å². The number of hydrogen-bond acceptors (Lipinski definition) is 3. The maximum Gasteiger partial charge on any atom is 0.0931 e. The molecule has 1 atom stereocenters. The first-order chi connectivity index (χ1) is 8.25. The molecule has 0 amide bonds. The molecule has 2 rings (SSSR count). The summed E-state index contributed by atoms with van der Waals surface area (Å²) in [5, 5.41) is 3.34. The molecule has 0 aliphatic rings. The standard InChI is InChI=1S/C13H15ClN2S/c14-13-7-6-11(17-13)8-16-9-12(15)10-4-2-1-3-5-10/h1-7,12,16H,8-9,15H2. The molecule has 1 unspecified atom stereocenters. The molecule has 4 heteroatoms. The van der Waals surface area contributed by atoms with Crippen molar-refractivity contribution in [2.75, 3.05) is 6.54 Å². The van der Waals surface area contributed by atoms with Crippen LogP contribution >= 0.6 is 22.9 Å². The Hall–Kier alpha value is -0.870. The van der Waals surface area contributed by atoms with Crippen molar-refractivity contribution in [1.82, 2.24) is 5.32 Å². The number of nitrogens with two attached hydrogens (primary N) is 1. The van der Waals surface area contributed by atoms with Crippen molar-refractivity contribution in [3.63, 3.8) is 0 Å². The Morgan fingerprint density at radius 2 is 1.94 bits per heavy atom. The van der Waals surface area contributed by atoms with Gasteiger partial charge in [-0.2, -0.15) is 0 Å². The Kier molecular flexibility index (Phi) is 4.57. The van der Waals surface area contributed by atoms with Gasteiger partial charge in [0.2, 0.25) is 0 Å². The largest absolute Gasteiger partial charge is 0.323 e. The van der Waals surface area contributed by atoms with E-state index in [1.807, 2.05) is 42.5 Å². The normalized spacial score (nSPS) is 12.6. The number of thiophene rings is 1. The van der Waals surface area contributed by atoms with Crippen LogP contribution in [0.4, 0.5) is 0 Å². The summed E-state index contributed by atoms with van der Waals surface area (Å²) in [5.41, 5.74) is 7.24. The first-order valence-electron chi connectivity index (χ1n) is 5.51. The molecule has 2 nitrogen and oxygen atoms in total. The van der Waals surface area contributed by atoms with Crippen molar-refractivity contribution < 1.29 is 0 Å². The molecule has 0 fully saturated rings.